The zero-order valence-electron chi connectivity index (χ0n) is 9.86. The molecule has 0 radical (unpaired) electrons. The molecule has 4 heteroatoms. The summed E-state index contributed by atoms with van der Waals surface area (Å²) >= 11 is 9.46. The van der Waals surface area contributed by atoms with Crippen molar-refractivity contribution >= 4 is 27.5 Å². The summed E-state index contributed by atoms with van der Waals surface area (Å²) in [5.74, 6) is 0.742. The second-order valence-corrected chi connectivity index (χ2v) is 5.27. The zero-order chi connectivity index (χ0) is 13.1. The minimum absolute atomic E-state index is 0.267. The molecular weight excluding hydrogens is 314 g/mol. The third kappa shape index (κ3) is 2.86. The van der Waals surface area contributed by atoms with Crippen LogP contribution >= 0.6 is 27.5 Å². The maximum Gasteiger partial charge on any atom is 0.124 e. The Bertz CT molecular complexity index is 559. The number of hydrogen-bond acceptors (Lipinski definition) is 2. The smallest absolute Gasteiger partial charge is 0.124 e. The van der Waals surface area contributed by atoms with E-state index in [1.54, 1.807) is 13.2 Å². The summed E-state index contributed by atoms with van der Waals surface area (Å²) in [4.78, 5) is 0. The molecule has 0 aromatic heterocycles. The number of methoxy groups -OCH3 is 1. The molecule has 0 spiro atoms. The molecule has 1 unspecified atom stereocenters. The van der Waals surface area contributed by atoms with Crippen molar-refractivity contribution in [2.45, 2.75) is 6.04 Å². The summed E-state index contributed by atoms with van der Waals surface area (Å²) in [6.07, 6.45) is 0. The van der Waals surface area contributed by atoms with Gasteiger partial charge in [-0.1, -0.05) is 39.7 Å². The first-order chi connectivity index (χ1) is 8.61. The quantitative estimate of drug-likeness (QED) is 0.919. The highest BCUT2D eigenvalue weighted by Crippen LogP contribution is 2.31. The van der Waals surface area contributed by atoms with Gasteiger partial charge >= 0.3 is 0 Å². The Balaban J connectivity index is 2.44. The SMILES string of the molecule is COc1ccc(Cl)cc1C(N)c1cccc(Br)c1. The van der Waals surface area contributed by atoms with Crippen LogP contribution in [0.4, 0.5) is 0 Å². The lowest BCUT2D eigenvalue weighted by Gasteiger charge is -2.16. The highest BCUT2D eigenvalue weighted by Gasteiger charge is 2.14. The number of ether oxygens (including phenoxy) is 1. The van der Waals surface area contributed by atoms with Gasteiger partial charge in [0.25, 0.3) is 0 Å². The van der Waals surface area contributed by atoms with E-state index < -0.39 is 0 Å². The minimum atomic E-state index is -0.267. The van der Waals surface area contributed by atoms with Crippen molar-refractivity contribution in [2.75, 3.05) is 7.11 Å². The molecule has 0 saturated carbocycles. The fourth-order valence-electron chi connectivity index (χ4n) is 1.83. The molecule has 0 bridgehead atoms. The van der Waals surface area contributed by atoms with Crippen LogP contribution in [0, 0.1) is 0 Å². The number of benzene rings is 2. The van der Waals surface area contributed by atoms with Crippen molar-refractivity contribution in [3.8, 4) is 5.75 Å². The van der Waals surface area contributed by atoms with Crippen molar-refractivity contribution in [3.63, 3.8) is 0 Å². The van der Waals surface area contributed by atoms with Gasteiger partial charge in [-0.2, -0.15) is 0 Å². The molecule has 2 aromatic rings. The molecule has 0 aliphatic heterocycles. The number of rotatable bonds is 3. The maximum absolute atomic E-state index is 6.27. The van der Waals surface area contributed by atoms with E-state index in [1.807, 2.05) is 36.4 Å². The molecule has 1 atom stereocenters. The molecule has 2 nitrogen and oxygen atoms in total. The Kier molecular flexibility index (Phi) is 4.27. The highest BCUT2D eigenvalue weighted by atomic mass is 79.9. The van der Waals surface area contributed by atoms with Crippen molar-refractivity contribution < 1.29 is 4.74 Å². The molecule has 2 rings (SSSR count). The van der Waals surface area contributed by atoms with E-state index in [9.17, 15) is 0 Å². The summed E-state index contributed by atoms with van der Waals surface area (Å²) in [5, 5.41) is 0.649. The lowest BCUT2D eigenvalue weighted by molar-refractivity contribution is 0.408. The van der Waals surface area contributed by atoms with Crippen molar-refractivity contribution in [2.24, 2.45) is 5.73 Å². The lowest BCUT2D eigenvalue weighted by Crippen LogP contribution is -2.13. The lowest BCUT2D eigenvalue weighted by atomic mass is 9.99. The Labute approximate surface area is 120 Å². The third-order valence-electron chi connectivity index (χ3n) is 2.73. The summed E-state index contributed by atoms with van der Waals surface area (Å²) < 4.78 is 6.32. The highest BCUT2D eigenvalue weighted by molar-refractivity contribution is 9.10. The summed E-state index contributed by atoms with van der Waals surface area (Å²) in [7, 11) is 1.63. The van der Waals surface area contributed by atoms with Gasteiger partial charge in [0.05, 0.1) is 13.2 Å². The van der Waals surface area contributed by atoms with Crippen LogP contribution < -0.4 is 10.5 Å². The molecule has 18 heavy (non-hydrogen) atoms. The van der Waals surface area contributed by atoms with Gasteiger partial charge in [-0.25, -0.2) is 0 Å². The second-order valence-electron chi connectivity index (χ2n) is 3.92. The van der Waals surface area contributed by atoms with Crippen LogP contribution in [0.5, 0.6) is 5.75 Å². The molecule has 0 saturated heterocycles. The molecule has 2 N–H and O–H groups in total. The predicted molar refractivity (Wildman–Crippen MR) is 78.2 cm³/mol. The van der Waals surface area contributed by atoms with Crippen LogP contribution in [0.3, 0.4) is 0 Å². The fraction of sp³-hybridized carbons (Fsp3) is 0.143. The van der Waals surface area contributed by atoms with Gasteiger partial charge < -0.3 is 10.5 Å². The fourth-order valence-corrected chi connectivity index (χ4v) is 2.43. The van der Waals surface area contributed by atoms with Gasteiger partial charge in [-0.05, 0) is 35.9 Å². The Morgan fingerprint density at radius 2 is 2.00 bits per heavy atom. The largest absolute Gasteiger partial charge is 0.496 e. The Morgan fingerprint density at radius 3 is 2.67 bits per heavy atom. The van der Waals surface area contributed by atoms with Crippen molar-refractivity contribution in [3.05, 3.63) is 63.1 Å². The average Bonchev–Trinajstić information content (AvgIpc) is 2.38. The first kappa shape index (κ1) is 13.4. The maximum atomic E-state index is 6.27. The number of nitrogens with two attached hydrogens (primary N) is 1. The van der Waals surface area contributed by atoms with E-state index in [4.69, 9.17) is 22.1 Å². The molecule has 2 aromatic carbocycles. The van der Waals surface area contributed by atoms with E-state index in [2.05, 4.69) is 15.9 Å². The van der Waals surface area contributed by atoms with Gasteiger partial charge in [-0.15, -0.1) is 0 Å². The average molecular weight is 327 g/mol. The van der Waals surface area contributed by atoms with E-state index in [-0.39, 0.29) is 6.04 Å². The van der Waals surface area contributed by atoms with Gasteiger partial charge in [0.2, 0.25) is 0 Å². The molecule has 0 aliphatic carbocycles. The van der Waals surface area contributed by atoms with E-state index in [1.165, 1.54) is 0 Å². The second kappa shape index (κ2) is 5.74. The topological polar surface area (TPSA) is 35.2 Å². The summed E-state index contributed by atoms with van der Waals surface area (Å²) in [5.41, 5.74) is 8.15. The molecular formula is C14H13BrClNO. The third-order valence-corrected chi connectivity index (χ3v) is 3.46. The van der Waals surface area contributed by atoms with Crippen LogP contribution in [-0.2, 0) is 0 Å². The first-order valence-corrected chi connectivity index (χ1v) is 6.63. The Hall–Kier alpha value is -1.03. The standard InChI is InChI=1S/C14H13BrClNO/c1-18-13-6-5-11(16)8-12(13)14(17)9-3-2-4-10(15)7-9/h2-8,14H,17H2,1H3. The number of halogens is 2. The monoisotopic (exact) mass is 325 g/mol. The summed E-state index contributed by atoms with van der Waals surface area (Å²) in [6.45, 7) is 0. The van der Waals surface area contributed by atoms with E-state index in [0.29, 0.717) is 5.02 Å². The Morgan fingerprint density at radius 1 is 1.22 bits per heavy atom. The van der Waals surface area contributed by atoms with Crippen LogP contribution in [0.1, 0.15) is 17.2 Å². The molecule has 94 valence electrons. The van der Waals surface area contributed by atoms with Crippen LogP contribution in [0.25, 0.3) is 0 Å². The molecule has 0 aliphatic rings. The van der Waals surface area contributed by atoms with Gasteiger partial charge in [-0.3, -0.25) is 0 Å². The van der Waals surface area contributed by atoms with Gasteiger partial charge in [0.15, 0.2) is 0 Å². The van der Waals surface area contributed by atoms with E-state index in [0.717, 1.165) is 21.3 Å². The van der Waals surface area contributed by atoms with Crippen LogP contribution in [0.2, 0.25) is 5.02 Å². The van der Waals surface area contributed by atoms with Crippen molar-refractivity contribution in [1.82, 2.24) is 0 Å². The van der Waals surface area contributed by atoms with E-state index >= 15 is 0 Å². The normalized spacial score (nSPS) is 12.2. The molecule has 0 amide bonds. The van der Waals surface area contributed by atoms with Crippen molar-refractivity contribution in [1.29, 1.82) is 0 Å². The first-order valence-electron chi connectivity index (χ1n) is 5.46. The summed E-state index contributed by atoms with van der Waals surface area (Å²) in [6, 6.07) is 13.1. The van der Waals surface area contributed by atoms with Gasteiger partial charge in [0, 0.05) is 15.1 Å². The van der Waals surface area contributed by atoms with Crippen LogP contribution in [-0.4, -0.2) is 7.11 Å². The van der Waals surface area contributed by atoms with Crippen LogP contribution in [0.15, 0.2) is 46.9 Å². The minimum Gasteiger partial charge on any atom is -0.496 e. The van der Waals surface area contributed by atoms with Gasteiger partial charge in [0.1, 0.15) is 5.75 Å². The zero-order valence-corrected chi connectivity index (χ0v) is 12.2. The predicted octanol–water partition coefficient (Wildman–Crippen LogP) is 4.16. The molecule has 0 heterocycles. The number of hydrogen-bond donors (Lipinski definition) is 1. The molecule has 0 fully saturated rings.